The minimum absolute atomic E-state index is 0.236. The highest BCUT2D eigenvalue weighted by Crippen LogP contribution is 2.29. The first-order valence-electron chi connectivity index (χ1n) is 4.87. The van der Waals surface area contributed by atoms with Crippen LogP contribution in [-0.4, -0.2) is 13.1 Å². The summed E-state index contributed by atoms with van der Waals surface area (Å²) in [5.74, 6) is -0.555. The van der Waals surface area contributed by atoms with E-state index >= 15 is 0 Å². The van der Waals surface area contributed by atoms with Crippen molar-refractivity contribution in [3.63, 3.8) is 0 Å². The summed E-state index contributed by atoms with van der Waals surface area (Å²) >= 11 is 0. The fourth-order valence-corrected chi connectivity index (χ4v) is 1.59. The second-order valence-electron chi connectivity index (χ2n) is 3.37. The Morgan fingerprint density at radius 2 is 2.19 bits per heavy atom. The minimum atomic E-state index is -1.28. The first kappa shape index (κ1) is 12.0. The van der Waals surface area contributed by atoms with E-state index in [0.29, 0.717) is 5.56 Å². The third-order valence-corrected chi connectivity index (χ3v) is 2.44. The molecule has 0 bridgehead atoms. The van der Waals surface area contributed by atoms with Crippen LogP contribution in [0.5, 0.6) is 0 Å². The Morgan fingerprint density at radius 1 is 1.56 bits per heavy atom. The van der Waals surface area contributed by atoms with Gasteiger partial charge in [-0.3, -0.25) is 0 Å². The highest BCUT2D eigenvalue weighted by molar-refractivity contribution is 5.87. The van der Waals surface area contributed by atoms with Crippen LogP contribution < -0.4 is 0 Å². The number of nitriles is 1. The highest BCUT2D eigenvalue weighted by atomic mass is 16.5. The maximum absolute atomic E-state index is 11.8. The summed E-state index contributed by atoms with van der Waals surface area (Å²) in [5, 5.41) is 9.26. The van der Waals surface area contributed by atoms with Gasteiger partial charge in [0.25, 0.3) is 0 Å². The largest absolute Gasteiger partial charge is 0.468 e. The first-order chi connectivity index (χ1) is 7.71. The Morgan fingerprint density at radius 3 is 2.62 bits per heavy atom. The fourth-order valence-electron chi connectivity index (χ4n) is 1.59. The van der Waals surface area contributed by atoms with Crippen LogP contribution in [-0.2, 0) is 14.9 Å². The van der Waals surface area contributed by atoms with Gasteiger partial charge in [0.15, 0.2) is 5.41 Å². The number of esters is 1. The molecule has 0 spiro atoms. The lowest BCUT2D eigenvalue weighted by Crippen LogP contribution is -2.35. The van der Waals surface area contributed by atoms with Crippen LogP contribution in [0.4, 0.5) is 0 Å². The number of rotatable bonds is 4. The van der Waals surface area contributed by atoms with Gasteiger partial charge in [0, 0.05) is 0 Å². The van der Waals surface area contributed by atoms with Gasteiger partial charge in [0.05, 0.1) is 13.2 Å². The van der Waals surface area contributed by atoms with Crippen molar-refractivity contribution in [3.8, 4) is 6.07 Å². The third-order valence-electron chi connectivity index (χ3n) is 2.44. The molecule has 0 aliphatic carbocycles. The van der Waals surface area contributed by atoms with E-state index in [-0.39, 0.29) is 6.42 Å². The summed E-state index contributed by atoms with van der Waals surface area (Å²) in [5.41, 5.74) is -0.651. The standard InChI is InChI=1S/C13H13NO2/c1-3-9-13(10-14,12(15)16-2)11-7-5-4-6-8-11/h3-8H,1,9H2,2H3/t13-/m0/s1. The number of hydrogen-bond acceptors (Lipinski definition) is 3. The Kier molecular flexibility index (Phi) is 3.84. The molecule has 0 aliphatic heterocycles. The SMILES string of the molecule is C=CC[C@@](C#N)(C(=O)OC)c1ccccc1. The van der Waals surface area contributed by atoms with E-state index in [1.54, 1.807) is 30.3 Å². The molecule has 1 aromatic rings. The summed E-state index contributed by atoms with van der Waals surface area (Å²) in [6.07, 6.45) is 1.79. The molecule has 0 N–H and O–H groups in total. The number of allylic oxidation sites excluding steroid dienone is 1. The number of methoxy groups -OCH3 is 1. The number of nitrogens with zero attached hydrogens (tertiary/aromatic N) is 1. The molecular formula is C13H13NO2. The van der Waals surface area contributed by atoms with E-state index in [1.165, 1.54) is 7.11 Å². The topological polar surface area (TPSA) is 50.1 Å². The Balaban J connectivity index is 3.29. The van der Waals surface area contributed by atoms with E-state index in [9.17, 15) is 10.1 Å². The lowest BCUT2D eigenvalue weighted by molar-refractivity contribution is -0.145. The zero-order valence-electron chi connectivity index (χ0n) is 9.14. The predicted molar refractivity (Wildman–Crippen MR) is 60.6 cm³/mol. The quantitative estimate of drug-likeness (QED) is 0.571. The zero-order valence-corrected chi connectivity index (χ0v) is 9.14. The lowest BCUT2D eigenvalue weighted by atomic mass is 9.79. The van der Waals surface area contributed by atoms with E-state index in [4.69, 9.17) is 4.74 Å². The monoisotopic (exact) mass is 215 g/mol. The van der Waals surface area contributed by atoms with Crippen LogP contribution in [0, 0.1) is 11.3 Å². The van der Waals surface area contributed by atoms with Crippen LogP contribution in [0.2, 0.25) is 0 Å². The van der Waals surface area contributed by atoms with Gasteiger partial charge < -0.3 is 4.74 Å². The molecule has 3 nitrogen and oxygen atoms in total. The molecule has 0 aliphatic rings. The van der Waals surface area contributed by atoms with Gasteiger partial charge >= 0.3 is 5.97 Å². The molecule has 0 saturated carbocycles. The van der Waals surface area contributed by atoms with Crippen molar-refractivity contribution < 1.29 is 9.53 Å². The molecule has 16 heavy (non-hydrogen) atoms. The van der Waals surface area contributed by atoms with Crippen LogP contribution in [0.3, 0.4) is 0 Å². The van der Waals surface area contributed by atoms with Gasteiger partial charge in [0.2, 0.25) is 0 Å². The number of carbonyl (C=O) groups is 1. The molecule has 0 saturated heterocycles. The van der Waals surface area contributed by atoms with Crippen molar-refractivity contribution >= 4 is 5.97 Å². The molecule has 0 aromatic heterocycles. The van der Waals surface area contributed by atoms with E-state index < -0.39 is 11.4 Å². The van der Waals surface area contributed by atoms with Gasteiger partial charge in [-0.2, -0.15) is 5.26 Å². The van der Waals surface area contributed by atoms with E-state index in [1.807, 2.05) is 12.1 Å². The Labute approximate surface area is 95.0 Å². The molecule has 0 heterocycles. The van der Waals surface area contributed by atoms with Crippen molar-refractivity contribution in [2.75, 3.05) is 7.11 Å². The van der Waals surface area contributed by atoms with Crippen LogP contribution in [0.1, 0.15) is 12.0 Å². The van der Waals surface area contributed by atoms with Gasteiger partial charge in [-0.05, 0) is 12.0 Å². The van der Waals surface area contributed by atoms with Gasteiger partial charge in [-0.15, -0.1) is 6.58 Å². The molecule has 3 heteroatoms. The molecule has 0 fully saturated rings. The molecule has 0 radical (unpaired) electrons. The molecule has 0 unspecified atom stereocenters. The van der Waals surface area contributed by atoms with Gasteiger partial charge in [0.1, 0.15) is 0 Å². The summed E-state index contributed by atoms with van der Waals surface area (Å²) < 4.78 is 4.70. The normalized spacial score (nSPS) is 13.2. The second-order valence-corrected chi connectivity index (χ2v) is 3.37. The summed E-state index contributed by atoms with van der Waals surface area (Å²) in [4.78, 5) is 11.8. The maximum Gasteiger partial charge on any atom is 0.331 e. The summed E-state index contributed by atoms with van der Waals surface area (Å²) in [6.45, 7) is 3.58. The maximum atomic E-state index is 11.8. The average Bonchev–Trinajstić information content (AvgIpc) is 2.36. The van der Waals surface area contributed by atoms with E-state index in [0.717, 1.165) is 0 Å². The van der Waals surface area contributed by atoms with Crippen molar-refractivity contribution in [2.45, 2.75) is 11.8 Å². The lowest BCUT2D eigenvalue weighted by Gasteiger charge is -2.22. The first-order valence-corrected chi connectivity index (χ1v) is 4.87. The Hall–Kier alpha value is -2.08. The molecule has 1 aromatic carbocycles. The Bertz CT molecular complexity index is 419. The molecule has 1 atom stereocenters. The smallest absolute Gasteiger partial charge is 0.331 e. The van der Waals surface area contributed by atoms with Crippen molar-refractivity contribution in [1.29, 1.82) is 5.26 Å². The molecule has 82 valence electrons. The third kappa shape index (κ3) is 1.96. The second kappa shape index (κ2) is 5.13. The molecule has 1 rings (SSSR count). The summed E-state index contributed by atoms with van der Waals surface area (Å²) in [6, 6.07) is 10.9. The summed E-state index contributed by atoms with van der Waals surface area (Å²) in [7, 11) is 1.28. The predicted octanol–water partition coefficient (Wildman–Crippen LogP) is 2.20. The zero-order chi connectivity index (χ0) is 12.0. The van der Waals surface area contributed by atoms with Crippen molar-refractivity contribution in [3.05, 3.63) is 48.6 Å². The number of benzene rings is 1. The van der Waals surface area contributed by atoms with Crippen LogP contribution >= 0.6 is 0 Å². The van der Waals surface area contributed by atoms with E-state index in [2.05, 4.69) is 6.58 Å². The molecule has 0 amide bonds. The highest BCUT2D eigenvalue weighted by Gasteiger charge is 2.40. The number of carbonyl (C=O) groups excluding carboxylic acids is 1. The van der Waals surface area contributed by atoms with Crippen LogP contribution in [0.15, 0.2) is 43.0 Å². The number of ether oxygens (including phenoxy) is 1. The van der Waals surface area contributed by atoms with Crippen molar-refractivity contribution in [2.24, 2.45) is 0 Å². The van der Waals surface area contributed by atoms with Crippen LogP contribution in [0.25, 0.3) is 0 Å². The molecular weight excluding hydrogens is 202 g/mol. The van der Waals surface area contributed by atoms with Crippen molar-refractivity contribution in [1.82, 2.24) is 0 Å². The average molecular weight is 215 g/mol. The minimum Gasteiger partial charge on any atom is -0.468 e. The van der Waals surface area contributed by atoms with Gasteiger partial charge in [-0.1, -0.05) is 36.4 Å². The number of hydrogen-bond donors (Lipinski definition) is 0. The van der Waals surface area contributed by atoms with Gasteiger partial charge in [-0.25, -0.2) is 4.79 Å². The fraction of sp³-hybridized carbons (Fsp3) is 0.231.